The number of amidine groups is 1. The van der Waals surface area contributed by atoms with Crippen molar-refractivity contribution in [3.05, 3.63) is 23.8 Å². The molecule has 156 valence electrons. The summed E-state index contributed by atoms with van der Waals surface area (Å²) >= 11 is 10.2. The zero-order valence-corrected chi connectivity index (χ0v) is 19.0. The predicted octanol–water partition coefficient (Wildman–Crippen LogP) is 2.36. The number of halogens is 2. The van der Waals surface area contributed by atoms with E-state index in [1.165, 1.54) is 7.11 Å². The molecule has 8 nitrogen and oxygen atoms in total. The normalized spacial score (nSPS) is 32.2. The lowest BCUT2D eigenvalue weighted by atomic mass is 9.87. The Kier molecular flexibility index (Phi) is 5.21. The van der Waals surface area contributed by atoms with E-state index in [2.05, 4.69) is 25.9 Å². The number of ether oxygens (including phenoxy) is 1. The summed E-state index contributed by atoms with van der Waals surface area (Å²) in [7, 11) is 1.38. The van der Waals surface area contributed by atoms with Gasteiger partial charge in [-0.15, -0.1) is 4.00 Å². The van der Waals surface area contributed by atoms with Crippen LogP contribution in [-0.2, 0) is 14.3 Å². The minimum absolute atomic E-state index is 0.0263. The van der Waals surface area contributed by atoms with Gasteiger partial charge in [-0.05, 0) is 26.7 Å². The number of fused-ring (bicyclic) bond motifs is 2. The second kappa shape index (κ2) is 7.30. The quantitative estimate of drug-likeness (QED) is 0.349. The number of piperazine rings is 1. The number of hydrogen-bond donors (Lipinski definition) is 0. The first-order valence-corrected chi connectivity index (χ1v) is 10.7. The van der Waals surface area contributed by atoms with Crippen LogP contribution in [0.15, 0.2) is 33.8 Å². The summed E-state index contributed by atoms with van der Waals surface area (Å²) in [5.41, 5.74) is 0.866. The summed E-state index contributed by atoms with van der Waals surface area (Å²) in [5.74, 6) is -0.210. The molecule has 0 saturated carbocycles. The molecular formula is C19H24BrClN5O3+. The van der Waals surface area contributed by atoms with Gasteiger partial charge < -0.3 is 9.64 Å². The molecular weight excluding hydrogens is 462 g/mol. The Labute approximate surface area is 183 Å². The number of aliphatic imine (C=N–C) groups is 2. The third-order valence-electron chi connectivity index (χ3n) is 6.30. The second-order valence-corrected chi connectivity index (χ2v) is 9.51. The van der Waals surface area contributed by atoms with Gasteiger partial charge in [-0.3, -0.25) is 19.5 Å². The molecule has 29 heavy (non-hydrogen) atoms. The van der Waals surface area contributed by atoms with E-state index in [1.807, 2.05) is 9.80 Å². The summed E-state index contributed by atoms with van der Waals surface area (Å²) in [4.78, 5) is 37.9. The van der Waals surface area contributed by atoms with Crippen LogP contribution in [0.25, 0.3) is 0 Å². The molecule has 3 atom stereocenters. The van der Waals surface area contributed by atoms with Crippen LogP contribution in [0.3, 0.4) is 0 Å². The summed E-state index contributed by atoms with van der Waals surface area (Å²) < 4.78 is 5.48. The van der Waals surface area contributed by atoms with E-state index in [0.717, 1.165) is 24.2 Å². The molecule has 2 fully saturated rings. The van der Waals surface area contributed by atoms with Crippen molar-refractivity contribution in [1.82, 2.24) is 9.80 Å². The average molecular weight is 486 g/mol. The monoisotopic (exact) mass is 484 g/mol. The first kappa shape index (κ1) is 20.7. The molecule has 0 aromatic heterocycles. The van der Waals surface area contributed by atoms with Crippen molar-refractivity contribution in [3.63, 3.8) is 0 Å². The number of allylic oxidation sites excluding steroid dienone is 1. The molecule has 4 rings (SSSR count). The summed E-state index contributed by atoms with van der Waals surface area (Å²) in [6, 6.07) is 0.0750. The van der Waals surface area contributed by atoms with Crippen molar-refractivity contribution in [2.75, 3.05) is 26.7 Å². The van der Waals surface area contributed by atoms with E-state index in [1.54, 1.807) is 32.5 Å². The van der Waals surface area contributed by atoms with Gasteiger partial charge in [0, 0.05) is 41.0 Å². The molecule has 4 aliphatic heterocycles. The number of quaternary nitrogens is 1. The van der Waals surface area contributed by atoms with Crippen LogP contribution in [-0.4, -0.2) is 75.0 Å². The third kappa shape index (κ3) is 3.28. The minimum atomic E-state index is -0.834. The first-order valence-electron chi connectivity index (χ1n) is 9.60. The largest absolute Gasteiger partial charge is 0.468 e. The summed E-state index contributed by atoms with van der Waals surface area (Å²) in [5, 5.41) is 0. The van der Waals surface area contributed by atoms with Crippen molar-refractivity contribution >= 4 is 50.5 Å². The SMILES string of the molecule is COC(=O)C(C)(C)N1CC(=O)N2C[C@@H](C3=C4C=NC=C[N+]4(Cl)C(Br)=N3)CC[C@@H]2C1. The van der Waals surface area contributed by atoms with Crippen molar-refractivity contribution < 1.29 is 18.3 Å². The number of methoxy groups -OCH3 is 1. The van der Waals surface area contributed by atoms with E-state index in [-0.39, 0.29) is 34.4 Å². The van der Waals surface area contributed by atoms with Crippen molar-refractivity contribution in [2.45, 2.75) is 38.3 Å². The maximum absolute atomic E-state index is 13.0. The lowest BCUT2D eigenvalue weighted by Gasteiger charge is -2.49. The van der Waals surface area contributed by atoms with Gasteiger partial charge in [0.2, 0.25) is 11.6 Å². The zero-order chi connectivity index (χ0) is 21.0. The first-order chi connectivity index (χ1) is 13.7. The van der Waals surface area contributed by atoms with Crippen LogP contribution in [0.4, 0.5) is 0 Å². The van der Waals surface area contributed by atoms with Crippen LogP contribution in [0.5, 0.6) is 0 Å². The van der Waals surface area contributed by atoms with Crippen LogP contribution in [0.1, 0.15) is 26.7 Å². The molecule has 0 aromatic rings. The standard InChI is InChI=1S/C19H24BrClN5O3/c1-19(2,17(28)29-3)24-10-13-5-4-12(9-25(13)15(27)11-24)16-14-8-22-6-7-26(14,21)18(20)23-16/h6-8,12-13H,4-5,9-11H2,1-3H3/q+1/t12-,13+,26?/m0/s1. The van der Waals surface area contributed by atoms with Gasteiger partial charge in [0.1, 0.15) is 17.4 Å². The fourth-order valence-corrected chi connectivity index (χ4v) is 5.17. The number of esters is 1. The lowest BCUT2D eigenvalue weighted by molar-refractivity contribution is -0.595. The molecule has 0 radical (unpaired) electrons. The third-order valence-corrected chi connectivity index (χ3v) is 7.69. The van der Waals surface area contributed by atoms with Gasteiger partial charge in [0.05, 0.1) is 26.1 Å². The van der Waals surface area contributed by atoms with E-state index in [0.29, 0.717) is 17.8 Å². The molecule has 10 heteroatoms. The number of amides is 1. The minimum Gasteiger partial charge on any atom is -0.468 e. The molecule has 0 bridgehead atoms. The Hall–Kier alpha value is -1.55. The van der Waals surface area contributed by atoms with Crippen molar-refractivity contribution in [3.8, 4) is 0 Å². The van der Waals surface area contributed by atoms with Crippen LogP contribution in [0, 0.1) is 5.92 Å². The Morgan fingerprint density at radius 3 is 2.86 bits per heavy atom. The Morgan fingerprint density at radius 2 is 2.14 bits per heavy atom. The van der Waals surface area contributed by atoms with Gasteiger partial charge in [-0.1, -0.05) is 0 Å². The highest BCUT2D eigenvalue weighted by molar-refractivity contribution is 9.18. The van der Waals surface area contributed by atoms with Gasteiger partial charge in [-0.25, -0.2) is 0 Å². The van der Waals surface area contributed by atoms with E-state index in [9.17, 15) is 9.59 Å². The smallest absolute Gasteiger partial charge is 0.325 e. The predicted molar refractivity (Wildman–Crippen MR) is 113 cm³/mol. The fourth-order valence-electron chi connectivity index (χ4n) is 4.46. The second-order valence-electron chi connectivity index (χ2n) is 8.27. The van der Waals surface area contributed by atoms with Gasteiger partial charge >= 0.3 is 5.97 Å². The molecule has 0 spiro atoms. The van der Waals surface area contributed by atoms with E-state index >= 15 is 0 Å². The highest BCUT2D eigenvalue weighted by atomic mass is 79.9. The molecule has 0 aliphatic carbocycles. The van der Waals surface area contributed by atoms with E-state index in [4.69, 9.17) is 16.5 Å². The highest BCUT2D eigenvalue weighted by Crippen LogP contribution is 2.42. The number of hydrogen-bond acceptors (Lipinski definition) is 6. The van der Waals surface area contributed by atoms with Crippen molar-refractivity contribution in [1.29, 1.82) is 0 Å². The van der Waals surface area contributed by atoms with E-state index < -0.39 is 5.54 Å². The maximum Gasteiger partial charge on any atom is 0.325 e. The number of carbonyl (C=O) groups is 2. The number of piperidine rings is 1. The van der Waals surface area contributed by atoms with Crippen LogP contribution in [0.2, 0.25) is 0 Å². The molecule has 0 aromatic carbocycles. The van der Waals surface area contributed by atoms with Gasteiger partial charge in [-0.2, -0.15) is 4.99 Å². The Morgan fingerprint density at radius 1 is 1.38 bits per heavy atom. The molecule has 1 unspecified atom stereocenters. The van der Waals surface area contributed by atoms with Crippen LogP contribution >= 0.6 is 27.7 Å². The highest BCUT2D eigenvalue weighted by Gasteiger charge is 2.49. The van der Waals surface area contributed by atoms with Crippen molar-refractivity contribution in [2.24, 2.45) is 15.9 Å². The van der Waals surface area contributed by atoms with Crippen LogP contribution < -0.4 is 0 Å². The summed E-state index contributed by atoms with van der Waals surface area (Å²) in [6.07, 6.45) is 6.88. The zero-order valence-electron chi connectivity index (χ0n) is 16.6. The van der Waals surface area contributed by atoms with Gasteiger partial charge in [0.15, 0.2) is 11.8 Å². The Balaban J connectivity index is 1.54. The Bertz CT molecular complexity index is 883. The summed E-state index contributed by atoms with van der Waals surface area (Å²) in [6.45, 7) is 5.05. The molecule has 4 heterocycles. The average Bonchev–Trinajstić information content (AvgIpc) is 2.98. The lowest BCUT2D eigenvalue weighted by Crippen LogP contribution is -2.65. The number of carbonyl (C=O) groups excluding carboxylic acids is 2. The number of nitrogens with zero attached hydrogens (tertiary/aromatic N) is 5. The molecule has 4 aliphatic rings. The van der Waals surface area contributed by atoms with Gasteiger partial charge in [0.25, 0.3) is 4.74 Å². The fraction of sp³-hybridized carbons (Fsp3) is 0.579. The molecule has 0 N–H and O–H groups in total. The maximum atomic E-state index is 13.0. The molecule has 2 saturated heterocycles. The molecule has 1 amide bonds. The topological polar surface area (TPSA) is 74.6 Å². The number of rotatable bonds is 3.